The van der Waals surface area contributed by atoms with Crippen molar-refractivity contribution in [3.05, 3.63) is 29.8 Å². The summed E-state index contributed by atoms with van der Waals surface area (Å²) in [5.74, 6) is 0.520. The fraction of sp³-hybridized carbons (Fsp3) is 0.250. The van der Waals surface area contributed by atoms with Crippen LogP contribution in [0.5, 0.6) is 0 Å². The van der Waals surface area contributed by atoms with Gasteiger partial charge in [0.2, 0.25) is 5.95 Å². The minimum Gasteiger partial charge on any atom is -0.382 e. The van der Waals surface area contributed by atoms with Crippen LogP contribution in [0.25, 0.3) is 11.2 Å². The molecule has 7 nitrogen and oxygen atoms in total. The van der Waals surface area contributed by atoms with Crippen molar-refractivity contribution in [1.82, 2.24) is 19.9 Å². The van der Waals surface area contributed by atoms with Gasteiger partial charge in [-0.1, -0.05) is 44.7 Å². The van der Waals surface area contributed by atoms with E-state index < -0.39 is 0 Å². The highest BCUT2D eigenvalue weighted by atomic mass is 32.2. The molecule has 8 heteroatoms. The molecule has 0 atom stereocenters. The number of anilines is 3. The van der Waals surface area contributed by atoms with Gasteiger partial charge in [-0.2, -0.15) is 9.97 Å². The van der Waals surface area contributed by atoms with Crippen LogP contribution < -0.4 is 17.2 Å². The number of aromatic nitrogens is 4. The lowest BCUT2D eigenvalue weighted by Crippen LogP contribution is -2.10. The standard InChI is InChI=1S/C16H19N7S/c1-16(2,3)8-4-6-9(7-5-8)24-14-12(18)21-13-10(20-14)11(17)22-15(19)23-13/h4-7H,1-3H3,(H6,17,18,19,21,22,23). The van der Waals surface area contributed by atoms with Crippen LogP contribution in [-0.4, -0.2) is 19.9 Å². The molecular formula is C16H19N7S. The van der Waals surface area contributed by atoms with Gasteiger partial charge in [-0.05, 0) is 23.1 Å². The Morgan fingerprint density at radius 1 is 0.833 bits per heavy atom. The monoisotopic (exact) mass is 341 g/mol. The van der Waals surface area contributed by atoms with Gasteiger partial charge >= 0.3 is 0 Å². The molecule has 3 aromatic rings. The Kier molecular flexibility index (Phi) is 3.92. The van der Waals surface area contributed by atoms with Gasteiger partial charge in [0.05, 0.1) is 0 Å². The average molecular weight is 341 g/mol. The first-order valence-electron chi connectivity index (χ1n) is 7.38. The summed E-state index contributed by atoms with van der Waals surface area (Å²) in [6, 6.07) is 8.29. The fourth-order valence-electron chi connectivity index (χ4n) is 2.19. The highest BCUT2D eigenvalue weighted by molar-refractivity contribution is 7.99. The van der Waals surface area contributed by atoms with Crippen LogP contribution in [-0.2, 0) is 5.41 Å². The van der Waals surface area contributed by atoms with Crippen molar-refractivity contribution in [2.45, 2.75) is 36.1 Å². The van der Waals surface area contributed by atoms with E-state index in [0.29, 0.717) is 16.2 Å². The van der Waals surface area contributed by atoms with Gasteiger partial charge in [-0.25, -0.2) is 9.97 Å². The Hall–Kier alpha value is -2.61. The minimum atomic E-state index is 0.0480. The maximum atomic E-state index is 6.00. The van der Waals surface area contributed by atoms with E-state index in [-0.39, 0.29) is 23.0 Å². The van der Waals surface area contributed by atoms with Gasteiger partial charge in [0, 0.05) is 4.90 Å². The van der Waals surface area contributed by atoms with Crippen molar-refractivity contribution >= 4 is 40.5 Å². The van der Waals surface area contributed by atoms with Crippen molar-refractivity contribution in [1.29, 1.82) is 0 Å². The smallest absolute Gasteiger partial charge is 0.224 e. The number of nitrogen functional groups attached to an aromatic ring is 3. The number of nitrogens with zero attached hydrogens (tertiary/aromatic N) is 4. The molecule has 3 rings (SSSR count). The topological polar surface area (TPSA) is 130 Å². The van der Waals surface area contributed by atoms with Crippen LogP contribution >= 0.6 is 11.8 Å². The molecule has 6 N–H and O–H groups in total. The van der Waals surface area contributed by atoms with E-state index >= 15 is 0 Å². The van der Waals surface area contributed by atoms with E-state index in [2.05, 4.69) is 52.8 Å². The maximum Gasteiger partial charge on any atom is 0.224 e. The van der Waals surface area contributed by atoms with E-state index in [9.17, 15) is 0 Å². The molecule has 0 fully saturated rings. The first-order valence-corrected chi connectivity index (χ1v) is 8.20. The average Bonchev–Trinajstić information content (AvgIpc) is 2.48. The second-order valence-electron chi connectivity index (χ2n) is 6.43. The molecule has 24 heavy (non-hydrogen) atoms. The lowest BCUT2D eigenvalue weighted by atomic mass is 9.87. The molecule has 2 heterocycles. The van der Waals surface area contributed by atoms with Crippen molar-refractivity contribution in [2.24, 2.45) is 0 Å². The van der Waals surface area contributed by atoms with Crippen LogP contribution in [0.1, 0.15) is 26.3 Å². The third kappa shape index (κ3) is 3.18. The van der Waals surface area contributed by atoms with Gasteiger partial charge in [-0.3, -0.25) is 0 Å². The highest BCUT2D eigenvalue weighted by Gasteiger charge is 2.15. The van der Waals surface area contributed by atoms with E-state index in [0.717, 1.165) is 4.90 Å². The molecule has 0 saturated heterocycles. The predicted molar refractivity (Wildman–Crippen MR) is 97.6 cm³/mol. The summed E-state index contributed by atoms with van der Waals surface area (Å²) < 4.78 is 0. The molecule has 0 radical (unpaired) electrons. The van der Waals surface area contributed by atoms with Crippen molar-refractivity contribution in [3.8, 4) is 0 Å². The summed E-state index contributed by atoms with van der Waals surface area (Å²) in [5.41, 5.74) is 19.5. The molecule has 0 spiro atoms. The lowest BCUT2D eigenvalue weighted by Gasteiger charge is -2.19. The van der Waals surface area contributed by atoms with Crippen molar-refractivity contribution in [2.75, 3.05) is 17.2 Å². The lowest BCUT2D eigenvalue weighted by molar-refractivity contribution is 0.590. The van der Waals surface area contributed by atoms with Crippen LogP contribution in [0.2, 0.25) is 0 Å². The van der Waals surface area contributed by atoms with E-state index in [1.54, 1.807) is 0 Å². The first-order chi connectivity index (χ1) is 11.2. The van der Waals surface area contributed by atoms with E-state index in [1.165, 1.54) is 17.3 Å². The number of nitrogens with two attached hydrogens (primary N) is 3. The second kappa shape index (κ2) is 5.79. The van der Waals surface area contributed by atoms with Crippen LogP contribution in [0.15, 0.2) is 34.2 Å². The molecule has 0 bridgehead atoms. The predicted octanol–water partition coefficient (Wildman–Crippen LogP) is 2.62. The second-order valence-corrected chi connectivity index (χ2v) is 7.49. The number of rotatable bonds is 2. The molecule has 1 aromatic carbocycles. The number of benzene rings is 1. The third-order valence-electron chi connectivity index (χ3n) is 3.50. The Bertz CT molecular complexity index is 901. The summed E-state index contributed by atoms with van der Waals surface area (Å²) >= 11 is 1.42. The SMILES string of the molecule is CC(C)(C)c1ccc(Sc2nc3c(N)nc(N)nc3nc2N)cc1. The van der Waals surface area contributed by atoms with Gasteiger partial charge in [0.1, 0.15) is 5.03 Å². The largest absolute Gasteiger partial charge is 0.382 e. The number of hydrogen-bond donors (Lipinski definition) is 3. The molecule has 0 saturated carbocycles. The van der Waals surface area contributed by atoms with Crippen LogP contribution in [0, 0.1) is 0 Å². The maximum absolute atomic E-state index is 6.00. The quantitative estimate of drug-likeness (QED) is 0.648. The summed E-state index contributed by atoms with van der Waals surface area (Å²) in [4.78, 5) is 17.6. The molecule has 0 aliphatic rings. The molecular weight excluding hydrogens is 322 g/mol. The highest BCUT2D eigenvalue weighted by Crippen LogP contribution is 2.33. The number of hydrogen-bond acceptors (Lipinski definition) is 8. The summed E-state index contributed by atoms with van der Waals surface area (Å²) in [5, 5.41) is 0.561. The molecule has 2 aromatic heterocycles. The Morgan fingerprint density at radius 3 is 2.12 bits per heavy atom. The Labute approximate surface area is 144 Å². The van der Waals surface area contributed by atoms with Crippen molar-refractivity contribution < 1.29 is 0 Å². The number of fused-ring (bicyclic) bond motifs is 1. The van der Waals surface area contributed by atoms with E-state index in [1.807, 2.05) is 12.1 Å². The van der Waals surface area contributed by atoms with Crippen molar-refractivity contribution in [3.63, 3.8) is 0 Å². The zero-order valence-corrected chi connectivity index (χ0v) is 14.6. The van der Waals surface area contributed by atoms with Gasteiger partial charge in [0.15, 0.2) is 22.8 Å². The fourth-order valence-corrected chi connectivity index (χ4v) is 2.98. The van der Waals surface area contributed by atoms with Gasteiger partial charge < -0.3 is 17.2 Å². The molecule has 124 valence electrons. The summed E-state index contributed by atoms with van der Waals surface area (Å²) in [6.45, 7) is 6.53. The van der Waals surface area contributed by atoms with Crippen LogP contribution in [0.4, 0.5) is 17.6 Å². The zero-order valence-electron chi connectivity index (χ0n) is 13.7. The van der Waals surface area contributed by atoms with E-state index in [4.69, 9.17) is 17.2 Å². The molecule has 0 unspecified atom stereocenters. The zero-order chi connectivity index (χ0) is 17.5. The van der Waals surface area contributed by atoms with Gasteiger partial charge in [-0.15, -0.1) is 0 Å². The Balaban J connectivity index is 1.96. The summed E-state index contributed by atoms with van der Waals surface area (Å²) in [6.07, 6.45) is 0. The first kappa shape index (κ1) is 16.3. The van der Waals surface area contributed by atoms with Crippen LogP contribution in [0.3, 0.4) is 0 Å². The Morgan fingerprint density at radius 2 is 1.50 bits per heavy atom. The van der Waals surface area contributed by atoms with Gasteiger partial charge in [0.25, 0.3) is 0 Å². The third-order valence-corrected chi connectivity index (χ3v) is 4.51. The normalized spacial score (nSPS) is 11.8. The molecule has 0 amide bonds. The molecule has 0 aliphatic carbocycles. The summed E-state index contributed by atoms with van der Waals surface area (Å²) in [7, 11) is 0. The minimum absolute atomic E-state index is 0.0480. The molecule has 0 aliphatic heterocycles.